The molecule has 0 atom stereocenters. The molecule has 1 aromatic carbocycles. The second kappa shape index (κ2) is 5.09. The Kier molecular flexibility index (Phi) is 3.54. The fraction of sp³-hybridized carbons (Fsp3) is 0.417. The zero-order valence-electron chi connectivity index (χ0n) is 9.73. The Hall–Kier alpha value is -1.39. The van der Waals surface area contributed by atoms with Crippen molar-refractivity contribution in [1.82, 2.24) is 14.9 Å². The van der Waals surface area contributed by atoms with Gasteiger partial charge in [-0.1, -0.05) is 6.07 Å². The molecule has 86 valence electrons. The van der Waals surface area contributed by atoms with Crippen LogP contribution in [0.25, 0.3) is 11.0 Å². The highest BCUT2D eigenvalue weighted by Gasteiger charge is 2.00. The summed E-state index contributed by atoms with van der Waals surface area (Å²) in [6.07, 6.45) is 2.84. The van der Waals surface area contributed by atoms with Crippen molar-refractivity contribution in [3.8, 4) is 0 Å². The number of ether oxygens (including phenoxy) is 1. The van der Waals surface area contributed by atoms with Crippen molar-refractivity contribution in [2.45, 2.75) is 6.42 Å². The molecule has 1 aromatic heterocycles. The maximum Gasteiger partial charge on any atom is 0.0961 e. The molecular weight excluding hydrogens is 202 g/mol. The van der Waals surface area contributed by atoms with E-state index in [-0.39, 0.29) is 0 Å². The molecule has 0 saturated carbocycles. The van der Waals surface area contributed by atoms with Gasteiger partial charge < -0.3 is 9.30 Å². The van der Waals surface area contributed by atoms with Crippen molar-refractivity contribution in [3.05, 3.63) is 30.1 Å². The fourth-order valence-electron chi connectivity index (χ4n) is 1.74. The molecule has 1 heterocycles. The third kappa shape index (κ3) is 2.40. The van der Waals surface area contributed by atoms with Gasteiger partial charge in [-0.25, -0.2) is 4.98 Å². The number of rotatable bonds is 5. The van der Waals surface area contributed by atoms with E-state index in [0.29, 0.717) is 6.73 Å². The van der Waals surface area contributed by atoms with E-state index in [9.17, 15) is 0 Å². The lowest BCUT2D eigenvalue weighted by Crippen LogP contribution is -2.19. The summed E-state index contributed by atoms with van der Waals surface area (Å²) in [7, 11) is 3.70. The fourth-order valence-corrected chi connectivity index (χ4v) is 1.74. The molecule has 16 heavy (non-hydrogen) atoms. The summed E-state index contributed by atoms with van der Waals surface area (Å²) in [5.74, 6) is 0. The van der Waals surface area contributed by atoms with Gasteiger partial charge in [-0.3, -0.25) is 5.32 Å². The van der Waals surface area contributed by atoms with E-state index >= 15 is 0 Å². The van der Waals surface area contributed by atoms with Gasteiger partial charge in [-0.05, 0) is 24.1 Å². The quantitative estimate of drug-likeness (QED) is 0.608. The zero-order valence-corrected chi connectivity index (χ0v) is 9.73. The van der Waals surface area contributed by atoms with Crippen molar-refractivity contribution in [1.29, 1.82) is 0 Å². The lowest BCUT2D eigenvalue weighted by atomic mass is 10.1. The molecule has 0 radical (unpaired) electrons. The molecular formula is C12H17N3O. The Labute approximate surface area is 95.2 Å². The second-order valence-corrected chi connectivity index (χ2v) is 3.86. The Balaban J connectivity index is 2.02. The van der Waals surface area contributed by atoms with Gasteiger partial charge in [0.25, 0.3) is 0 Å². The highest BCUT2D eigenvalue weighted by molar-refractivity contribution is 5.75. The van der Waals surface area contributed by atoms with E-state index in [0.717, 1.165) is 18.5 Å². The SMILES string of the molecule is COCNCCc1ccc2c(c1)ncn2C. The molecule has 0 amide bonds. The van der Waals surface area contributed by atoms with Crippen molar-refractivity contribution in [2.75, 3.05) is 20.4 Å². The van der Waals surface area contributed by atoms with Crippen LogP contribution >= 0.6 is 0 Å². The average Bonchev–Trinajstić information content (AvgIpc) is 2.66. The Morgan fingerprint density at radius 1 is 1.44 bits per heavy atom. The van der Waals surface area contributed by atoms with Gasteiger partial charge in [-0.2, -0.15) is 0 Å². The minimum absolute atomic E-state index is 0.603. The minimum atomic E-state index is 0.603. The first kappa shape index (κ1) is 11.1. The smallest absolute Gasteiger partial charge is 0.0961 e. The minimum Gasteiger partial charge on any atom is -0.370 e. The summed E-state index contributed by atoms with van der Waals surface area (Å²) in [5, 5.41) is 3.19. The van der Waals surface area contributed by atoms with Crippen LogP contribution in [0.15, 0.2) is 24.5 Å². The highest BCUT2D eigenvalue weighted by Crippen LogP contribution is 2.13. The number of hydrogen-bond donors (Lipinski definition) is 1. The number of imidazole rings is 1. The van der Waals surface area contributed by atoms with Crippen molar-refractivity contribution in [3.63, 3.8) is 0 Å². The van der Waals surface area contributed by atoms with Crippen LogP contribution in [0.3, 0.4) is 0 Å². The molecule has 0 bridgehead atoms. The molecule has 0 aliphatic heterocycles. The molecule has 0 aliphatic carbocycles. The average molecular weight is 219 g/mol. The Morgan fingerprint density at radius 3 is 3.12 bits per heavy atom. The van der Waals surface area contributed by atoms with Gasteiger partial charge in [0.05, 0.1) is 24.1 Å². The number of benzene rings is 1. The molecule has 0 unspecified atom stereocenters. The number of aromatic nitrogens is 2. The van der Waals surface area contributed by atoms with E-state index in [2.05, 4.69) is 28.5 Å². The van der Waals surface area contributed by atoms with Crippen LogP contribution in [-0.4, -0.2) is 29.9 Å². The van der Waals surface area contributed by atoms with Crippen LogP contribution in [0.1, 0.15) is 5.56 Å². The van der Waals surface area contributed by atoms with E-state index in [1.807, 2.05) is 17.9 Å². The maximum atomic E-state index is 4.93. The zero-order chi connectivity index (χ0) is 11.4. The standard InChI is InChI=1S/C12H17N3O/c1-15-8-14-11-7-10(3-4-12(11)15)5-6-13-9-16-2/h3-4,7-8,13H,5-6,9H2,1-2H3. The number of hydrogen-bond acceptors (Lipinski definition) is 3. The first-order valence-electron chi connectivity index (χ1n) is 5.41. The van der Waals surface area contributed by atoms with Crippen LogP contribution in [0.5, 0.6) is 0 Å². The van der Waals surface area contributed by atoms with Gasteiger partial charge >= 0.3 is 0 Å². The normalized spacial score (nSPS) is 11.1. The molecule has 4 heteroatoms. The summed E-state index contributed by atoms with van der Waals surface area (Å²) in [6, 6.07) is 6.41. The van der Waals surface area contributed by atoms with Crippen molar-refractivity contribution < 1.29 is 4.74 Å². The van der Waals surface area contributed by atoms with Gasteiger partial charge in [0.15, 0.2) is 0 Å². The number of aryl methyl sites for hydroxylation is 1. The van der Waals surface area contributed by atoms with Gasteiger partial charge in [0, 0.05) is 20.7 Å². The van der Waals surface area contributed by atoms with Crippen LogP contribution in [-0.2, 0) is 18.2 Å². The van der Waals surface area contributed by atoms with E-state index in [1.54, 1.807) is 7.11 Å². The van der Waals surface area contributed by atoms with Crippen LogP contribution < -0.4 is 5.32 Å². The summed E-state index contributed by atoms with van der Waals surface area (Å²) < 4.78 is 6.96. The Morgan fingerprint density at radius 2 is 2.31 bits per heavy atom. The molecule has 1 N–H and O–H groups in total. The predicted molar refractivity (Wildman–Crippen MR) is 64.3 cm³/mol. The monoisotopic (exact) mass is 219 g/mol. The van der Waals surface area contributed by atoms with Crippen LogP contribution in [0.2, 0.25) is 0 Å². The largest absolute Gasteiger partial charge is 0.370 e. The van der Waals surface area contributed by atoms with E-state index in [1.165, 1.54) is 11.1 Å². The van der Waals surface area contributed by atoms with Gasteiger partial charge in [0.2, 0.25) is 0 Å². The molecule has 0 spiro atoms. The molecule has 2 rings (SSSR count). The second-order valence-electron chi connectivity index (χ2n) is 3.86. The topological polar surface area (TPSA) is 39.1 Å². The lowest BCUT2D eigenvalue weighted by molar-refractivity contribution is 0.176. The van der Waals surface area contributed by atoms with Crippen molar-refractivity contribution in [2.24, 2.45) is 7.05 Å². The third-order valence-electron chi connectivity index (χ3n) is 2.63. The van der Waals surface area contributed by atoms with Gasteiger partial charge in [0.1, 0.15) is 0 Å². The number of nitrogens with one attached hydrogen (secondary N) is 1. The summed E-state index contributed by atoms with van der Waals surface area (Å²) >= 11 is 0. The molecule has 0 saturated heterocycles. The summed E-state index contributed by atoms with van der Waals surface area (Å²) in [6.45, 7) is 1.53. The van der Waals surface area contributed by atoms with Gasteiger partial charge in [-0.15, -0.1) is 0 Å². The maximum absolute atomic E-state index is 4.93. The summed E-state index contributed by atoms with van der Waals surface area (Å²) in [5.41, 5.74) is 3.54. The number of nitrogens with zero attached hydrogens (tertiary/aromatic N) is 2. The van der Waals surface area contributed by atoms with E-state index < -0.39 is 0 Å². The van der Waals surface area contributed by atoms with E-state index in [4.69, 9.17) is 4.74 Å². The Bertz CT molecular complexity index is 464. The summed E-state index contributed by atoms with van der Waals surface area (Å²) in [4.78, 5) is 4.34. The molecule has 0 fully saturated rings. The number of methoxy groups -OCH3 is 1. The molecule has 4 nitrogen and oxygen atoms in total. The van der Waals surface area contributed by atoms with Crippen LogP contribution in [0, 0.1) is 0 Å². The predicted octanol–water partition coefficient (Wildman–Crippen LogP) is 1.31. The van der Waals surface area contributed by atoms with Crippen molar-refractivity contribution >= 4 is 11.0 Å². The molecule has 0 aliphatic rings. The lowest BCUT2D eigenvalue weighted by Gasteiger charge is -2.03. The highest BCUT2D eigenvalue weighted by atomic mass is 16.5. The number of fused-ring (bicyclic) bond motifs is 1. The first-order chi connectivity index (χ1) is 7.81. The first-order valence-corrected chi connectivity index (χ1v) is 5.41. The molecule has 2 aromatic rings. The van der Waals surface area contributed by atoms with Crippen LogP contribution in [0.4, 0.5) is 0 Å². The third-order valence-corrected chi connectivity index (χ3v) is 2.63.